The van der Waals surface area contributed by atoms with Gasteiger partial charge in [0.15, 0.2) is 0 Å². The molecule has 3 aromatic heterocycles. The van der Waals surface area contributed by atoms with Gasteiger partial charge in [0.2, 0.25) is 0 Å². The third-order valence-corrected chi connectivity index (χ3v) is 13.5. The summed E-state index contributed by atoms with van der Waals surface area (Å²) < 4.78 is 0. The molecule has 15 rings (SSSR count). The van der Waals surface area contributed by atoms with Gasteiger partial charge in [-0.1, -0.05) is 146 Å². The second-order valence-electron chi connectivity index (χ2n) is 17.1. The Balaban J connectivity index is 0.0000000988. The molecule has 0 atom stereocenters. The van der Waals surface area contributed by atoms with E-state index >= 15 is 0 Å². The van der Waals surface area contributed by atoms with Gasteiger partial charge < -0.3 is 0 Å². The molecule has 3 heterocycles. The van der Waals surface area contributed by atoms with Crippen molar-refractivity contribution in [3.05, 3.63) is 237 Å². The Morgan fingerprint density at radius 1 is 0.197 bits per heavy atom. The smallest absolute Gasteiger partial charge is 0.0273 e. The molecule has 0 radical (unpaired) electrons. The van der Waals surface area contributed by atoms with Crippen molar-refractivity contribution in [1.29, 1.82) is 0 Å². The minimum Gasteiger partial charge on any atom is -0.265 e. The number of rotatable bonds is 3. The van der Waals surface area contributed by atoms with Gasteiger partial charge >= 0.3 is 0 Å². The first-order chi connectivity index (χ1) is 32.7. The molecule has 15 aromatic rings. The fourth-order valence-electron chi connectivity index (χ4n) is 10.6. The van der Waals surface area contributed by atoms with E-state index in [1.807, 2.05) is 37.2 Å². The molecule has 3 heteroatoms. The van der Waals surface area contributed by atoms with Crippen LogP contribution in [0.2, 0.25) is 0 Å². The van der Waals surface area contributed by atoms with E-state index in [-0.39, 0.29) is 0 Å². The van der Waals surface area contributed by atoms with Crippen molar-refractivity contribution in [3.63, 3.8) is 0 Å². The summed E-state index contributed by atoms with van der Waals surface area (Å²) in [5.74, 6) is 0. The number of pyridine rings is 3. The number of aromatic nitrogens is 3. The van der Waals surface area contributed by atoms with Crippen LogP contribution in [0, 0.1) is 0 Å². The lowest BCUT2D eigenvalue weighted by Gasteiger charge is -2.14. The van der Waals surface area contributed by atoms with Crippen LogP contribution in [-0.2, 0) is 0 Å². The van der Waals surface area contributed by atoms with Gasteiger partial charge in [0, 0.05) is 37.2 Å². The molecular formula is C63H39N3. The van der Waals surface area contributed by atoms with E-state index in [0.717, 1.165) is 0 Å². The minimum atomic E-state index is 1.22. The summed E-state index contributed by atoms with van der Waals surface area (Å²) in [4.78, 5) is 12.4. The second-order valence-corrected chi connectivity index (χ2v) is 17.1. The number of nitrogens with zero attached hydrogens (tertiary/aromatic N) is 3. The van der Waals surface area contributed by atoms with E-state index in [1.54, 1.807) is 0 Å². The van der Waals surface area contributed by atoms with Crippen LogP contribution in [0.15, 0.2) is 237 Å². The molecule has 66 heavy (non-hydrogen) atoms. The summed E-state index contributed by atoms with van der Waals surface area (Å²) in [6.07, 6.45) is 11.2. The minimum absolute atomic E-state index is 1.22. The standard InChI is InChI=1S/3C21H13N/c3*1-3-15-7-8-16-4-2-6-18-19(14-9-11-22-12-10-14)13-17(5-1)20(15)21(16)18/h3*1-13H. The Hall–Kier alpha value is -8.79. The molecule has 0 amide bonds. The number of hydrogen-bond acceptors (Lipinski definition) is 3. The molecule has 0 aliphatic rings. The maximum absolute atomic E-state index is 4.14. The Kier molecular flexibility index (Phi) is 8.85. The molecule has 0 bridgehead atoms. The number of hydrogen-bond donors (Lipinski definition) is 0. The van der Waals surface area contributed by atoms with E-state index in [4.69, 9.17) is 0 Å². The molecule has 0 N–H and O–H groups in total. The van der Waals surface area contributed by atoms with Crippen molar-refractivity contribution in [2.45, 2.75) is 0 Å². The second kappa shape index (κ2) is 15.5. The monoisotopic (exact) mass is 837 g/mol. The molecule has 306 valence electrons. The Morgan fingerprint density at radius 3 is 0.697 bits per heavy atom. The van der Waals surface area contributed by atoms with Gasteiger partial charge in [0.05, 0.1) is 0 Å². The van der Waals surface area contributed by atoms with Crippen LogP contribution in [0.4, 0.5) is 0 Å². The molecule has 0 saturated carbocycles. The van der Waals surface area contributed by atoms with Gasteiger partial charge in [-0.2, -0.15) is 0 Å². The molecule has 0 aliphatic heterocycles. The summed E-state index contributed by atoms with van der Waals surface area (Å²) in [5.41, 5.74) is 7.48. The van der Waals surface area contributed by atoms with Crippen molar-refractivity contribution in [2.24, 2.45) is 0 Å². The quantitative estimate of drug-likeness (QED) is 0.166. The predicted octanol–water partition coefficient (Wildman–Crippen LogP) is 16.9. The van der Waals surface area contributed by atoms with Gasteiger partial charge in [-0.15, -0.1) is 0 Å². The third-order valence-electron chi connectivity index (χ3n) is 13.5. The lowest BCUT2D eigenvalue weighted by molar-refractivity contribution is 1.33. The highest BCUT2D eigenvalue weighted by atomic mass is 14.6. The molecule has 3 nitrogen and oxygen atoms in total. The SMILES string of the molecule is c1cc2ccc3cccc4c(-c5ccncc5)cc(c1)c2c34.c1cc2ccc3cccc4c(-c5ccncc5)cc(c1)c2c34.c1cc2ccc3cccc4c(-c5ccncc5)cc(c1)c2c34. The third kappa shape index (κ3) is 6.17. The summed E-state index contributed by atoms with van der Waals surface area (Å²) in [6.45, 7) is 0. The maximum atomic E-state index is 4.14. The van der Waals surface area contributed by atoms with Crippen LogP contribution < -0.4 is 0 Å². The lowest BCUT2D eigenvalue weighted by atomic mass is 9.89. The van der Waals surface area contributed by atoms with Gasteiger partial charge in [0.1, 0.15) is 0 Å². The first-order valence-corrected chi connectivity index (χ1v) is 22.5. The zero-order valence-electron chi connectivity index (χ0n) is 35.9. The van der Waals surface area contributed by atoms with Crippen molar-refractivity contribution in [2.75, 3.05) is 0 Å². The van der Waals surface area contributed by atoms with Crippen molar-refractivity contribution in [1.82, 2.24) is 15.0 Å². The zero-order valence-corrected chi connectivity index (χ0v) is 35.9. The number of benzene rings is 12. The Morgan fingerprint density at radius 2 is 0.424 bits per heavy atom. The summed E-state index contributed by atoms with van der Waals surface area (Å²) in [7, 11) is 0. The summed E-state index contributed by atoms with van der Waals surface area (Å²) in [6, 6.07) is 72.1. The van der Waals surface area contributed by atoms with Crippen molar-refractivity contribution < 1.29 is 0 Å². The highest BCUT2D eigenvalue weighted by Crippen LogP contribution is 2.43. The molecule has 12 aromatic carbocycles. The van der Waals surface area contributed by atoms with Gasteiger partial charge in [0.25, 0.3) is 0 Å². The first kappa shape index (κ1) is 37.7. The lowest BCUT2D eigenvalue weighted by Crippen LogP contribution is -1.87. The van der Waals surface area contributed by atoms with E-state index < -0.39 is 0 Å². The highest BCUT2D eigenvalue weighted by molar-refractivity contribution is 6.28. The topological polar surface area (TPSA) is 38.7 Å². The van der Waals surface area contributed by atoms with E-state index in [2.05, 4.69) is 215 Å². The van der Waals surface area contributed by atoms with Crippen LogP contribution in [-0.4, -0.2) is 15.0 Å². The fourth-order valence-corrected chi connectivity index (χ4v) is 10.6. The molecule has 0 saturated heterocycles. The largest absolute Gasteiger partial charge is 0.265 e. The highest BCUT2D eigenvalue weighted by Gasteiger charge is 2.15. The van der Waals surface area contributed by atoms with E-state index in [1.165, 1.54) is 130 Å². The maximum Gasteiger partial charge on any atom is 0.0273 e. The van der Waals surface area contributed by atoms with Crippen LogP contribution >= 0.6 is 0 Å². The average Bonchev–Trinajstić information content (AvgIpc) is 3.40. The van der Waals surface area contributed by atoms with E-state index in [0.29, 0.717) is 0 Å². The predicted molar refractivity (Wildman–Crippen MR) is 280 cm³/mol. The molecule has 0 aliphatic carbocycles. The first-order valence-electron chi connectivity index (χ1n) is 22.5. The summed E-state index contributed by atoms with van der Waals surface area (Å²) >= 11 is 0. The van der Waals surface area contributed by atoms with Crippen LogP contribution in [0.5, 0.6) is 0 Å². The normalized spacial score (nSPS) is 11.6. The molecule has 0 fully saturated rings. The zero-order chi connectivity index (χ0) is 43.6. The van der Waals surface area contributed by atoms with Gasteiger partial charge in [-0.25, -0.2) is 0 Å². The van der Waals surface area contributed by atoms with Crippen LogP contribution in [0.25, 0.3) is 130 Å². The van der Waals surface area contributed by atoms with Crippen molar-refractivity contribution in [3.8, 4) is 33.4 Å². The average molecular weight is 838 g/mol. The van der Waals surface area contributed by atoms with E-state index in [9.17, 15) is 0 Å². The molecular weight excluding hydrogens is 799 g/mol. The van der Waals surface area contributed by atoms with Gasteiger partial charge in [-0.05, 0) is 185 Å². The Bertz CT molecular complexity index is 3770. The molecule has 0 spiro atoms. The van der Waals surface area contributed by atoms with Crippen LogP contribution in [0.1, 0.15) is 0 Å². The van der Waals surface area contributed by atoms with Gasteiger partial charge in [-0.3, -0.25) is 15.0 Å². The fraction of sp³-hybridized carbons (Fsp3) is 0. The van der Waals surface area contributed by atoms with Crippen LogP contribution in [0.3, 0.4) is 0 Å². The Labute approximate surface area is 380 Å². The summed E-state index contributed by atoms with van der Waals surface area (Å²) in [5, 5.41) is 23.9. The van der Waals surface area contributed by atoms with Crippen molar-refractivity contribution >= 4 is 97.0 Å². The molecule has 0 unspecified atom stereocenters.